The van der Waals surface area contributed by atoms with Crippen LogP contribution in [0.25, 0.3) is 0 Å². The van der Waals surface area contributed by atoms with Crippen molar-refractivity contribution in [1.82, 2.24) is 15.0 Å². The molecule has 1 aromatic heterocycles. The fourth-order valence-corrected chi connectivity index (χ4v) is 3.43. The van der Waals surface area contributed by atoms with Crippen LogP contribution >= 0.6 is 0 Å². The number of hydrazine groups is 1. The average Bonchev–Trinajstić information content (AvgIpc) is 2.70. The minimum atomic E-state index is 0.291. The van der Waals surface area contributed by atoms with E-state index in [1.54, 1.807) is 11.2 Å². The Bertz CT molecular complexity index is 810. The molecule has 0 saturated carbocycles. The molecule has 5 N–H and O–H groups in total. The molecule has 0 atom stereocenters. The van der Waals surface area contributed by atoms with Crippen LogP contribution in [0.15, 0.2) is 42.9 Å². The van der Waals surface area contributed by atoms with E-state index >= 15 is 0 Å². The first-order valence-electron chi connectivity index (χ1n) is 9.85. The smallest absolute Gasteiger partial charge is 0.227 e. The number of nitrogens with two attached hydrogens (primary N) is 2. The topological polar surface area (TPSA) is 96.3 Å². The van der Waals surface area contributed by atoms with E-state index in [9.17, 15) is 0 Å². The molecule has 1 aromatic carbocycles. The van der Waals surface area contributed by atoms with Crippen molar-refractivity contribution < 1.29 is 0 Å². The van der Waals surface area contributed by atoms with Crippen LogP contribution in [0.1, 0.15) is 43.7 Å². The van der Waals surface area contributed by atoms with Gasteiger partial charge < -0.3 is 21.0 Å². The van der Waals surface area contributed by atoms with E-state index in [2.05, 4.69) is 54.2 Å². The van der Waals surface area contributed by atoms with Gasteiger partial charge in [-0.1, -0.05) is 26.0 Å². The van der Waals surface area contributed by atoms with Crippen molar-refractivity contribution >= 4 is 17.5 Å². The summed E-state index contributed by atoms with van der Waals surface area (Å²) in [5.74, 6) is 8.05. The number of nitrogens with zero attached hydrogens (tertiary/aromatic N) is 4. The van der Waals surface area contributed by atoms with Crippen molar-refractivity contribution in [1.29, 1.82) is 0 Å². The molecule has 1 aliphatic rings. The van der Waals surface area contributed by atoms with Gasteiger partial charge in [0, 0.05) is 43.4 Å². The summed E-state index contributed by atoms with van der Waals surface area (Å²) < 4.78 is 0. The Morgan fingerprint density at radius 3 is 2.68 bits per heavy atom. The molecule has 0 spiro atoms. The van der Waals surface area contributed by atoms with Crippen molar-refractivity contribution in [3.8, 4) is 0 Å². The predicted octanol–water partition coefficient (Wildman–Crippen LogP) is 3.23. The number of nitrogens with one attached hydrogen (secondary N) is 1. The van der Waals surface area contributed by atoms with Crippen LogP contribution < -0.4 is 21.8 Å². The van der Waals surface area contributed by atoms with Gasteiger partial charge in [0.25, 0.3) is 0 Å². The summed E-state index contributed by atoms with van der Waals surface area (Å²) in [6, 6.07) is 8.73. The Morgan fingerprint density at radius 1 is 1.25 bits per heavy atom. The van der Waals surface area contributed by atoms with E-state index < -0.39 is 0 Å². The number of piperidine rings is 1. The molecule has 3 rings (SSSR count). The zero-order chi connectivity index (χ0) is 20.1. The SMILES string of the molecule is Cc1ccc(C(C)C)cc1Nc1ccnc(N2CCC(N(N)/C=C\N)CC2)n1. The molecular formula is C21H31N7. The van der Waals surface area contributed by atoms with E-state index in [1.807, 2.05) is 12.3 Å². The van der Waals surface area contributed by atoms with Gasteiger partial charge in [-0.05, 0) is 48.9 Å². The van der Waals surface area contributed by atoms with Gasteiger partial charge in [-0.15, -0.1) is 0 Å². The summed E-state index contributed by atoms with van der Waals surface area (Å²) >= 11 is 0. The Balaban J connectivity index is 1.69. The highest BCUT2D eigenvalue weighted by Crippen LogP contribution is 2.26. The molecule has 0 bridgehead atoms. The van der Waals surface area contributed by atoms with E-state index in [0.717, 1.165) is 43.4 Å². The number of aromatic nitrogens is 2. The monoisotopic (exact) mass is 381 g/mol. The normalized spacial score (nSPS) is 15.4. The van der Waals surface area contributed by atoms with Gasteiger partial charge in [-0.2, -0.15) is 4.98 Å². The second-order valence-electron chi connectivity index (χ2n) is 7.60. The molecule has 1 aliphatic heterocycles. The lowest BCUT2D eigenvalue weighted by Crippen LogP contribution is -2.46. The lowest BCUT2D eigenvalue weighted by Gasteiger charge is -2.35. The van der Waals surface area contributed by atoms with Gasteiger partial charge in [0.05, 0.1) is 0 Å². The standard InChI is InChI=1S/C21H31N7/c1-15(2)17-5-4-16(3)19(14-17)25-20-6-10-24-21(26-20)27-11-7-18(8-12-27)28(23)13-9-22/h4-6,9-10,13-15,18H,7-8,11-12,22-23H2,1-3H3,(H,24,25,26)/b13-9-. The molecule has 0 unspecified atom stereocenters. The van der Waals surface area contributed by atoms with Crippen LogP contribution in [-0.4, -0.2) is 34.1 Å². The van der Waals surface area contributed by atoms with Crippen LogP contribution in [0.3, 0.4) is 0 Å². The Hall–Kier alpha value is -2.80. The maximum Gasteiger partial charge on any atom is 0.227 e. The van der Waals surface area contributed by atoms with Crippen molar-refractivity contribution in [2.45, 2.75) is 45.6 Å². The number of anilines is 3. The fourth-order valence-electron chi connectivity index (χ4n) is 3.43. The number of hydrogen-bond donors (Lipinski definition) is 3. The molecule has 0 radical (unpaired) electrons. The maximum atomic E-state index is 6.01. The fraction of sp³-hybridized carbons (Fsp3) is 0.429. The zero-order valence-corrected chi connectivity index (χ0v) is 17.0. The van der Waals surface area contributed by atoms with Gasteiger partial charge in [0.1, 0.15) is 5.82 Å². The van der Waals surface area contributed by atoms with E-state index in [-0.39, 0.29) is 0 Å². The molecule has 28 heavy (non-hydrogen) atoms. The van der Waals surface area contributed by atoms with E-state index in [0.29, 0.717) is 12.0 Å². The molecule has 7 heteroatoms. The predicted molar refractivity (Wildman–Crippen MR) is 115 cm³/mol. The minimum absolute atomic E-state index is 0.291. The number of rotatable bonds is 6. The van der Waals surface area contributed by atoms with Gasteiger partial charge in [0.2, 0.25) is 5.95 Å². The number of hydrogen-bond acceptors (Lipinski definition) is 7. The summed E-state index contributed by atoms with van der Waals surface area (Å²) in [7, 11) is 0. The van der Waals surface area contributed by atoms with Crippen molar-refractivity contribution in [2.75, 3.05) is 23.3 Å². The summed E-state index contributed by atoms with van der Waals surface area (Å²) in [6.07, 6.45) is 6.88. The third kappa shape index (κ3) is 4.72. The number of benzene rings is 1. The second-order valence-corrected chi connectivity index (χ2v) is 7.60. The van der Waals surface area contributed by atoms with E-state index in [4.69, 9.17) is 16.6 Å². The molecule has 0 aliphatic carbocycles. The Morgan fingerprint density at radius 2 is 2.00 bits per heavy atom. The van der Waals surface area contributed by atoms with Crippen molar-refractivity contribution in [3.63, 3.8) is 0 Å². The first-order valence-corrected chi connectivity index (χ1v) is 9.85. The molecule has 2 aromatic rings. The summed E-state index contributed by atoms with van der Waals surface area (Å²) in [4.78, 5) is 11.4. The van der Waals surface area contributed by atoms with Crippen LogP contribution in [0, 0.1) is 6.92 Å². The largest absolute Gasteiger partial charge is 0.403 e. The molecule has 1 saturated heterocycles. The first kappa shape index (κ1) is 19.9. The highest BCUT2D eigenvalue weighted by Gasteiger charge is 2.23. The lowest BCUT2D eigenvalue weighted by molar-refractivity contribution is 0.240. The highest BCUT2D eigenvalue weighted by molar-refractivity contribution is 5.62. The van der Waals surface area contributed by atoms with Gasteiger partial charge in [-0.3, -0.25) is 0 Å². The summed E-state index contributed by atoms with van der Waals surface area (Å²) in [5, 5.41) is 5.16. The van der Waals surface area contributed by atoms with Crippen LogP contribution in [0.4, 0.5) is 17.5 Å². The molecule has 150 valence electrons. The van der Waals surface area contributed by atoms with Gasteiger partial charge >= 0.3 is 0 Å². The van der Waals surface area contributed by atoms with E-state index in [1.165, 1.54) is 17.3 Å². The maximum absolute atomic E-state index is 6.01. The summed E-state index contributed by atoms with van der Waals surface area (Å²) in [6.45, 7) is 8.23. The van der Waals surface area contributed by atoms with Crippen molar-refractivity contribution in [3.05, 3.63) is 54.0 Å². The lowest BCUT2D eigenvalue weighted by atomic mass is 10.0. The van der Waals surface area contributed by atoms with Gasteiger partial charge in [0.15, 0.2) is 0 Å². The minimum Gasteiger partial charge on any atom is -0.403 e. The third-order valence-electron chi connectivity index (χ3n) is 5.26. The van der Waals surface area contributed by atoms with Crippen molar-refractivity contribution in [2.24, 2.45) is 11.6 Å². The van der Waals surface area contributed by atoms with Gasteiger partial charge in [-0.25, -0.2) is 10.8 Å². The Labute approximate surface area is 167 Å². The molecule has 7 nitrogen and oxygen atoms in total. The number of aryl methyl sites for hydroxylation is 1. The molecule has 1 fully saturated rings. The van der Waals surface area contributed by atoms with Crippen LogP contribution in [0.2, 0.25) is 0 Å². The third-order valence-corrected chi connectivity index (χ3v) is 5.26. The first-order chi connectivity index (χ1) is 13.5. The summed E-state index contributed by atoms with van der Waals surface area (Å²) in [5.41, 5.74) is 9.02. The zero-order valence-electron chi connectivity index (χ0n) is 17.0. The van der Waals surface area contributed by atoms with Crippen LogP contribution in [0.5, 0.6) is 0 Å². The Kier molecular flexibility index (Phi) is 6.36. The molecule has 0 amide bonds. The highest BCUT2D eigenvalue weighted by atomic mass is 15.4. The average molecular weight is 382 g/mol. The molecule has 2 heterocycles. The van der Waals surface area contributed by atoms with Crippen LogP contribution in [-0.2, 0) is 0 Å². The quantitative estimate of drug-likeness (QED) is 0.522. The molecular weight excluding hydrogens is 350 g/mol. The second kappa shape index (κ2) is 8.93.